The number of rotatable bonds is 3. The van der Waals surface area contributed by atoms with Gasteiger partial charge in [-0.25, -0.2) is 0 Å². The van der Waals surface area contributed by atoms with Crippen molar-refractivity contribution in [2.24, 2.45) is 5.92 Å². The van der Waals surface area contributed by atoms with Gasteiger partial charge in [0.05, 0.1) is 20.1 Å². The van der Waals surface area contributed by atoms with Gasteiger partial charge in [-0.15, -0.1) is 0 Å². The lowest BCUT2D eigenvalue weighted by molar-refractivity contribution is -0.145. The van der Waals surface area contributed by atoms with Crippen LogP contribution in [0.5, 0.6) is 11.5 Å². The van der Waals surface area contributed by atoms with Gasteiger partial charge in [-0.3, -0.25) is 9.59 Å². The highest BCUT2D eigenvalue weighted by molar-refractivity contribution is 5.99. The molecule has 102 valence electrons. The van der Waals surface area contributed by atoms with Crippen molar-refractivity contribution in [3.05, 3.63) is 18.2 Å². The van der Waals surface area contributed by atoms with Crippen LogP contribution in [0, 0.1) is 5.92 Å². The highest BCUT2D eigenvalue weighted by atomic mass is 16.5. The number of hydrogen-bond acceptors (Lipinski definition) is 5. The Morgan fingerprint density at radius 3 is 2.74 bits per heavy atom. The van der Waals surface area contributed by atoms with E-state index in [1.807, 2.05) is 0 Å². The van der Waals surface area contributed by atoms with Crippen LogP contribution in [0.15, 0.2) is 18.2 Å². The number of phenolic OH excluding ortho intramolecular Hbond substituents is 1. The van der Waals surface area contributed by atoms with Gasteiger partial charge in [-0.05, 0) is 12.1 Å². The summed E-state index contributed by atoms with van der Waals surface area (Å²) in [5.41, 5.74) is 0.537. The summed E-state index contributed by atoms with van der Waals surface area (Å²) in [5, 5.41) is 9.70. The standard InChI is InChI=1S/C13H15NO5/c1-18-11-4-3-9(6-10(11)15)14-7-8(5-12(14)16)13(17)19-2/h3-4,6,8,15H,5,7H2,1-2H3. The fraction of sp³-hybridized carbons (Fsp3) is 0.385. The van der Waals surface area contributed by atoms with E-state index in [2.05, 4.69) is 4.74 Å². The van der Waals surface area contributed by atoms with E-state index in [-0.39, 0.29) is 24.6 Å². The van der Waals surface area contributed by atoms with Gasteiger partial charge < -0.3 is 19.5 Å². The van der Waals surface area contributed by atoms with Crippen LogP contribution in [0.2, 0.25) is 0 Å². The van der Waals surface area contributed by atoms with Crippen molar-refractivity contribution in [2.75, 3.05) is 25.7 Å². The molecule has 1 aromatic rings. The first-order chi connectivity index (χ1) is 9.06. The summed E-state index contributed by atoms with van der Waals surface area (Å²) < 4.78 is 9.58. The van der Waals surface area contributed by atoms with Crippen molar-refractivity contribution >= 4 is 17.6 Å². The first kappa shape index (κ1) is 13.2. The number of aromatic hydroxyl groups is 1. The number of hydrogen-bond donors (Lipinski definition) is 1. The summed E-state index contributed by atoms with van der Waals surface area (Å²) in [5.74, 6) is -0.732. The third kappa shape index (κ3) is 2.47. The molecule has 1 heterocycles. The fourth-order valence-electron chi connectivity index (χ4n) is 2.13. The summed E-state index contributed by atoms with van der Waals surface area (Å²) in [4.78, 5) is 24.8. The van der Waals surface area contributed by atoms with Crippen LogP contribution in [0.1, 0.15) is 6.42 Å². The maximum atomic E-state index is 11.9. The van der Waals surface area contributed by atoms with E-state index in [0.717, 1.165) is 0 Å². The van der Waals surface area contributed by atoms with Gasteiger partial charge in [0.15, 0.2) is 11.5 Å². The zero-order valence-corrected chi connectivity index (χ0v) is 10.8. The highest BCUT2D eigenvalue weighted by Gasteiger charge is 2.36. The monoisotopic (exact) mass is 265 g/mol. The first-order valence-electron chi connectivity index (χ1n) is 5.82. The van der Waals surface area contributed by atoms with Gasteiger partial charge in [0.1, 0.15) is 0 Å². The topological polar surface area (TPSA) is 76.1 Å². The van der Waals surface area contributed by atoms with Gasteiger partial charge in [0, 0.05) is 24.7 Å². The van der Waals surface area contributed by atoms with Crippen LogP contribution in [-0.2, 0) is 14.3 Å². The number of phenols is 1. The van der Waals surface area contributed by atoms with E-state index >= 15 is 0 Å². The number of ether oxygens (including phenoxy) is 2. The zero-order valence-electron chi connectivity index (χ0n) is 10.8. The molecular formula is C13H15NO5. The normalized spacial score (nSPS) is 18.5. The Morgan fingerprint density at radius 2 is 2.16 bits per heavy atom. The quantitative estimate of drug-likeness (QED) is 0.823. The Morgan fingerprint density at radius 1 is 1.42 bits per heavy atom. The lowest BCUT2D eigenvalue weighted by Gasteiger charge is -2.17. The van der Waals surface area contributed by atoms with Crippen LogP contribution >= 0.6 is 0 Å². The number of anilines is 1. The summed E-state index contributed by atoms with van der Waals surface area (Å²) >= 11 is 0. The minimum absolute atomic E-state index is 0.0469. The summed E-state index contributed by atoms with van der Waals surface area (Å²) in [7, 11) is 2.75. The molecule has 1 aliphatic heterocycles. The average Bonchev–Trinajstić information content (AvgIpc) is 2.80. The third-order valence-electron chi connectivity index (χ3n) is 3.13. The molecule has 1 saturated heterocycles. The lowest BCUT2D eigenvalue weighted by Crippen LogP contribution is -2.26. The van der Waals surface area contributed by atoms with Crippen molar-refractivity contribution in [1.82, 2.24) is 0 Å². The highest BCUT2D eigenvalue weighted by Crippen LogP contribution is 2.33. The molecule has 0 spiro atoms. The number of benzene rings is 1. The van der Waals surface area contributed by atoms with Crippen LogP contribution in [0.4, 0.5) is 5.69 Å². The smallest absolute Gasteiger partial charge is 0.311 e. The largest absolute Gasteiger partial charge is 0.504 e. The molecule has 1 unspecified atom stereocenters. The second-order valence-corrected chi connectivity index (χ2v) is 4.28. The predicted octanol–water partition coefficient (Wildman–Crippen LogP) is 0.927. The van der Waals surface area contributed by atoms with Gasteiger partial charge in [-0.2, -0.15) is 0 Å². The summed E-state index contributed by atoms with van der Waals surface area (Å²) in [6, 6.07) is 4.68. The Bertz CT molecular complexity index is 514. The van der Waals surface area contributed by atoms with E-state index in [1.165, 1.54) is 25.2 Å². The van der Waals surface area contributed by atoms with Crippen molar-refractivity contribution in [3.63, 3.8) is 0 Å². The second kappa shape index (κ2) is 5.17. The maximum Gasteiger partial charge on any atom is 0.311 e. The van der Waals surface area contributed by atoms with Crippen LogP contribution < -0.4 is 9.64 Å². The molecule has 1 N–H and O–H groups in total. The number of carbonyl (C=O) groups excluding carboxylic acids is 2. The predicted molar refractivity (Wildman–Crippen MR) is 67.1 cm³/mol. The molecule has 19 heavy (non-hydrogen) atoms. The molecule has 6 nitrogen and oxygen atoms in total. The molecule has 6 heteroatoms. The van der Waals surface area contributed by atoms with Crippen molar-refractivity contribution in [2.45, 2.75) is 6.42 Å². The Hall–Kier alpha value is -2.24. The van der Waals surface area contributed by atoms with Crippen molar-refractivity contribution < 1.29 is 24.2 Å². The van der Waals surface area contributed by atoms with Crippen LogP contribution in [0.25, 0.3) is 0 Å². The molecule has 0 bridgehead atoms. The van der Waals surface area contributed by atoms with Crippen LogP contribution in [0.3, 0.4) is 0 Å². The van der Waals surface area contributed by atoms with Gasteiger partial charge in [-0.1, -0.05) is 0 Å². The molecule has 1 fully saturated rings. The molecule has 1 aromatic carbocycles. The zero-order chi connectivity index (χ0) is 14.0. The van der Waals surface area contributed by atoms with Gasteiger partial charge in [0.25, 0.3) is 0 Å². The van der Waals surface area contributed by atoms with Gasteiger partial charge >= 0.3 is 5.97 Å². The number of methoxy groups -OCH3 is 2. The van der Waals surface area contributed by atoms with Crippen LogP contribution in [-0.4, -0.2) is 37.7 Å². The Balaban J connectivity index is 2.21. The summed E-state index contributed by atoms with van der Waals surface area (Å²) in [6.45, 7) is 0.261. The molecule has 0 saturated carbocycles. The number of carbonyl (C=O) groups is 2. The molecule has 1 amide bonds. The van der Waals surface area contributed by atoms with Gasteiger partial charge in [0.2, 0.25) is 5.91 Å². The van der Waals surface area contributed by atoms with E-state index in [0.29, 0.717) is 11.4 Å². The number of esters is 1. The lowest BCUT2D eigenvalue weighted by atomic mass is 10.1. The maximum absolute atomic E-state index is 11.9. The van der Waals surface area contributed by atoms with Crippen molar-refractivity contribution in [1.29, 1.82) is 0 Å². The molecule has 1 aliphatic rings. The second-order valence-electron chi connectivity index (χ2n) is 4.28. The SMILES string of the molecule is COC(=O)C1CC(=O)N(c2ccc(OC)c(O)c2)C1. The van der Waals surface area contributed by atoms with E-state index in [9.17, 15) is 14.7 Å². The molecule has 0 aliphatic carbocycles. The average molecular weight is 265 g/mol. The fourth-order valence-corrected chi connectivity index (χ4v) is 2.13. The molecule has 2 rings (SSSR count). The minimum atomic E-state index is -0.457. The van der Waals surface area contributed by atoms with E-state index < -0.39 is 11.9 Å². The number of nitrogens with zero attached hydrogens (tertiary/aromatic N) is 1. The third-order valence-corrected chi connectivity index (χ3v) is 3.13. The summed E-state index contributed by atoms with van der Waals surface area (Å²) in [6.07, 6.45) is 0.124. The Labute approximate surface area is 110 Å². The molecule has 0 aromatic heterocycles. The minimum Gasteiger partial charge on any atom is -0.504 e. The van der Waals surface area contributed by atoms with E-state index in [1.54, 1.807) is 12.1 Å². The molecule has 1 atom stereocenters. The Kier molecular flexibility index (Phi) is 3.59. The number of amides is 1. The molecule has 0 radical (unpaired) electrons. The van der Waals surface area contributed by atoms with Crippen molar-refractivity contribution in [3.8, 4) is 11.5 Å². The van der Waals surface area contributed by atoms with E-state index in [4.69, 9.17) is 4.74 Å². The molecular weight excluding hydrogens is 250 g/mol. The first-order valence-corrected chi connectivity index (χ1v) is 5.82.